The van der Waals surface area contributed by atoms with Gasteiger partial charge in [-0.25, -0.2) is 8.42 Å². The number of nitrogens with one attached hydrogen (secondary N) is 1. The van der Waals surface area contributed by atoms with Gasteiger partial charge in [0.05, 0.1) is 23.1 Å². The van der Waals surface area contributed by atoms with Gasteiger partial charge in [0.25, 0.3) is 0 Å². The summed E-state index contributed by atoms with van der Waals surface area (Å²) in [5.74, 6) is -0.305. The first-order valence-electron chi connectivity index (χ1n) is 11.3. The van der Waals surface area contributed by atoms with E-state index in [1.807, 2.05) is 25.1 Å². The number of ether oxygens (including phenoxy) is 1. The van der Waals surface area contributed by atoms with Gasteiger partial charge in [-0.05, 0) is 56.2 Å². The maximum atomic E-state index is 12.8. The minimum Gasteiger partial charge on any atom is -0.492 e. The fourth-order valence-corrected chi connectivity index (χ4v) is 5.80. The van der Waals surface area contributed by atoms with Crippen molar-refractivity contribution in [2.24, 2.45) is 5.92 Å². The van der Waals surface area contributed by atoms with Crippen LogP contribution in [0, 0.1) is 5.92 Å². The summed E-state index contributed by atoms with van der Waals surface area (Å²) in [6.07, 6.45) is 2.90. The Bertz CT molecular complexity index is 1110. The van der Waals surface area contributed by atoms with Gasteiger partial charge < -0.3 is 15.0 Å². The van der Waals surface area contributed by atoms with Crippen molar-refractivity contribution in [1.29, 1.82) is 0 Å². The minimum atomic E-state index is -3.52. The molecule has 2 aliphatic rings. The number of amides is 2. The van der Waals surface area contributed by atoms with Gasteiger partial charge in [0, 0.05) is 31.7 Å². The third-order valence-electron chi connectivity index (χ3n) is 6.03. The van der Waals surface area contributed by atoms with Gasteiger partial charge in [-0.2, -0.15) is 4.31 Å². The highest BCUT2D eigenvalue weighted by atomic mass is 32.2. The summed E-state index contributed by atoms with van der Waals surface area (Å²) < 4.78 is 32.7. The first-order valence-corrected chi connectivity index (χ1v) is 12.8. The van der Waals surface area contributed by atoms with Gasteiger partial charge in [0.1, 0.15) is 5.75 Å². The summed E-state index contributed by atoms with van der Waals surface area (Å²) in [6, 6.07) is 13.5. The zero-order chi connectivity index (χ0) is 23.4. The number of carbonyl (C=O) groups is 2. The van der Waals surface area contributed by atoms with E-state index in [1.54, 1.807) is 23.1 Å². The summed E-state index contributed by atoms with van der Waals surface area (Å²) in [5.41, 5.74) is 1.16. The Kier molecular flexibility index (Phi) is 6.99. The standard InChI is InChI=1S/C24H29N3O5S/c1-2-32-22-9-5-4-8-21(22)27-17-18(16-23(27)28)24(29)25-19-10-12-20(13-11-19)33(30,31)26-14-6-3-7-15-26/h4-5,8-13,18H,2-3,6-7,14-17H2,1H3,(H,25,29)/t18-/m0/s1. The van der Waals surface area contributed by atoms with Crippen molar-refractivity contribution in [2.45, 2.75) is 37.5 Å². The third kappa shape index (κ3) is 5.04. The number of piperidine rings is 1. The van der Waals surface area contributed by atoms with Crippen molar-refractivity contribution in [2.75, 3.05) is 36.5 Å². The lowest BCUT2D eigenvalue weighted by atomic mass is 10.1. The second-order valence-electron chi connectivity index (χ2n) is 8.28. The lowest BCUT2D eigenvalue weighted by Crippen LogP contribution is -2.35. The number of hydrogen-bond donors (Lipinski definition) is 1. The van der Waals surface area contributed by atoms with E-state index in [4.69, 9.17) is 4.74 Å². The highest BCUT2D eigenvalue weighted by molar-refractivity contribution is 7.89. The number of rotatable bonds is 7. The van der Waals surface area contributed by atoms with Gasteiger partial charge in [0.2, 0.25) is 21.8 Å². The van der Waals surface area contributed by atoms with Crippen LogP contribution in [0.1, 0.15) is 32.6 Å². The Balaban J connectivity index is 1.41. The molecule has 2 heterocycles. The summed E-state index contributed by atoms with van der Waals surface area (Å²) in [4.78, 5) is 27.3. The van der Waals surface area contributed by atoms with E-state index in [2.05, 4.69) is 5.32 Å². The zero-order valence-electron chi connectivity index (χ0n) is 18.7. The topological polar surface area (TPSA) is 96.0 Å². The predicted molar refractivity (Wildman–Crippen MR) is 126 cm³/mol. The molecule has 2 amide bonds. The van der Waals surface area contributed by atoms with Crippen molar-refractivity contribution in [3.05, 3.63) is 48.5 Å². The Morgan fingerprint density at radius 2 is 1.76 bits per heavy atom. The first kappa shape index (κ1) is 23.3. The molecule has 1 N–H and O–H groups in total. The molecule has 0 bridgehead atoms. The number of sulfonamides is 1. The van der Waals surface area contributed by atoms with Crippen LogP contribution in [0.4, 0.5) is 11.4 Å². The molecular formula is C24H29N3O5S. The summed E-state index contributed by atoms with van der Waals surface area (Å²) in [6.45, 7) is 3.70. The molecule has 0 saturated carbocycles. The maximum Gasteiger partial charge on any atom is 0.243 e. The molecule has 33 heavy (non-hydrogen) atoms. The molecule has 0 aromatic heterocycles. The van der Waals surface area contributed by atoms with E-state index in [9.17, 15) is 18.0 Å². The summed E-state index contributed by atoms with van der Waals surface area (Å²) in [5, 5.41) is 2.82. The van der Waals surface area contributed by atoms with Gasteiger partial charge in [0.15, 0.2) is 0 Å². The molecular weight excluding hydrogens is 442 g/mol. The highest BCUT2D eigenvalue weighted by Gasteiger charge is 2.36. The number of anilines is 2. The smallest absolute Gasteiger partial charge is 0.243 e. The number of hydrogen-bond acceptors (Lipinski definition) is 5. The molecule has 2 fully saturated rings. The molecule has 176 valence electrons. The molecule has 1 atom stereocenters. The van der Waals surface area contributed by atoms with Crippen molar-refractivity contribution in [3.63, 3.8) is 0 Å². The number of para-hydroxylation sites is 2. The molecule has 8 nitrogen and oxygen atoms in total. The molecule has 0 spiro atoms. The van der Waals surface area contributed by atoms with Crippen molar-refractivity contribution in [3.8, 4) is 5.75 Å². The van der Waals surface area contributed by atoms with Gasteiger partial charge in [-0.1, -0.05) is 18.6 Å². The van der Waals surface area contributed by atoms with Crippen molar-refractivity contribution in [1.82, 2.24) is 4.31 Å². The summed E-state index contributed by atoms with van der Waals surface area (Å²) in [7, 11) is -3.52. The molecule has 2 saturated heterocycles. The zero-order valence-corrected chi connectivity index (χ0v) is 19.5. The van der Waals surface area contributed by atoms with E-state index >= 15 is 0 Å². The maximum absolute atomic E-state index is 12.8. The van der Waals surface area contributed by atoms with Crippen LogP contribution in [0.5, 0.6) is 5.75 Å². The lowest BCUT2D eigenvalue weighted by molar-refractivity contribution is -0.122. The second kappa shape index (κ2) is 9.93. The monoisotopic (exact) mass is 471 g/mol. The Morgan fingerprint density at radius 1 is 1.06 bits per heavy atom. The van der Waals surface area contributed by atoms with Gasteiger partial charge in [-0.15, -0.1) is 0 Å². The first-order chi connectivity index (χ1) is 15.9. The van der Waals surface area contributed by atoms with E-state index in [0.29, 0.717) is 36.8 Å². The van der Waals surface area contributed by atoms with Crippen LogP contribution in [-0.2, 0) is 19.6 Å². The average molecular weight is 472 g/mol. The van der Waals surface area contributed by atoms with Gasteiger partial charge >= 0.3 is 0 Å². The van der Waals surface area contributed by atoms with E-state index in [0.717, 1.165) is 19.3 Å². The van der Waals surface area contributed by atoms with E-state index in [-0.39, 0.29) is 29.7 Å². The van der Waals surface area contributed by atoms with Crippen LogP contribution in [-0.4, -0.2) is 50.8 Å². The molecule has 4 rings (SSSR count). The normalized spacial score (nSPS) is 19.5. The highest BCUT2D eigenvalue weighted by Crippen LogP contribution is 2.33. The number of nitrogens with zero attached hydrogens (tertiary/aromatic N) is 2. The minimum absolute atomic E-state index is 0.105. The fraction of sp³-hybridized carbons (Fsp3) is 0.417. The quantitative estimate of drug-likeness (QED) is 0.669. The van der Waals surface area contributed by atoms with Gasteiger partial charge in [-0.3, -0.25) is 9.59 Å². The van der Waals surface area contributed by atoms with Crippen LogP contribution < -0.4 is 15.0 Å². The molecule has 9 heteroatoms. The molecule has 2 aliphatic heterocycles. The fourth-order valence-electron chi connectivity index (χ4n) is 4.28. The molecule has 0 radical (unpaired) electrons. The van der Waals surface area contributed by atoms with Crippen molar-refractivity contribution >= 4 is 33.2 Å². The van der Waals surface area contributed by atoms with Crippen LogP contribution >= 0.6 is 0 Å². The molecule has 0 unspecified atom stereocenters. The van der Waals surface area contributed by atoms with Crippen LogP contribution in [0.2, 0.25) is 0 Å². The molecule has 2 aromatic rings. The Labute approximate surface area is 194 Å². The SMILES string of the molecule is CCOc1ccccc1N1C[C@@H](C(=O)Nc2ccc(S(=O)(=O)N3CCCCC3)cc2)CC1=O. The molecule has 2 aromatic carbocycles. The molecule has 0 aliphatic carbocycles. The number of benzene rings is 2. The lowest BCUT2D eigenvalue weighted by Gasteiger charge is -2.25. The van der Waals surface area contributed by atoms with Crippen LogP contribution in [0.3, 0.4) is 0 Å². The summed E-state index contributed by atoms with van der Waals surface area (Å²) >= 11 is 0. The number of carbonyl (C=O) groups excluding carboxylic acids is 2. The Morgan fingerprint density at radius 3 is 2.45 bits per heavy atom. The second-order valence-corrected chi connectivity index (χ2v) is 10.2. The largest absolute Gasteiger partial charge is 0.492 e. The third-order valence-corrected chi connectivity index (χ3v) is 7.94. The van der Waals surface area contributed by atoms with E-state index in [1.165, 1.54) is 16.4 Å². The van der Waals surface area contributed by atoms with E-state index < -0.39 is 15.9 Å². The van der Waals surface area contributed by atoms with Crippen molar-refractivity contribution < 1.29 is 22.7 Å². The Hall–Kier alpha value is -2.91. The van der Waals surface area contributed by atoms with Crippen LogP contribution in [0.15, 0.2) is 53.4 Å². The predicted octanol–water partition coefficient (Wildman–Crippen LogP) is 3.25. The van der Waals surface area contributed by atoms with Crippen LogP contribution in [0.25, 0.3) is 0 Å². The average Bonchev–Trinajstić information content (AvgIpc) is 3.22.